The summed E-state index contributed by atoms with van der Waals surface area (Å²) in [5, 5.41) is 11.9. The molecule has 2 saturated heterocycles. The number of amides is 1. The first-order chi connectivity index (χ1) is 18.5. The van der Waals surface area contributed by atoms with Crippen LogP contribution in [0.25, 0.3) is 0 Å². The Hall–Kier alpha value is -4.27. The molecule has 2 fully saturated rings. The van der Waals surface area contributed by atoms with Crippen molar-refractivity contribution in [3.8, 4) is 5.75 Å². The van der Waals surface area contributed by atoms with Crippen LogP contribution in [0.15, 0.2) is 72.8 Å². The zero-order chi connectivity index (χ0) is 26.5. The van der Waals surface area contributed by atoms with Gasteiger partial charge in [0.25, 0.3) is 11.6 Å². The summed E-state index contributed by atoms with van der Waals surface area (Å²) in [4.78, 5) is 33.1. The molecule has 3 aromatic carbocycles. The van der Waals surface area contributed by atoms with Crippen LogP contribution in [-0.2, 0) is 0 Å². The van der Waals surface area contributed by atoms with E-state index in [0.29, 0.717) is 57.1 Å². The van der Waals surface area contributed by atoms with Crippen molar-refractivity contribution in [2.45, 2.75) is 6.92 Å². The smallest absolute Gasteiger partial charge is 0.292 e. The van der Waals surface area contributed by atoms with Crippen molar-refractivity contribution in [3.63, 3.8) is 0 Å². The lowest BCUT2D eigenvalue weighted by molar-refractivity contribution is -0.384. The van der Waals surface area contributed by atoms with Gasteiger partial charge in [0.15, 0.2) is 0 Å². The lowest BCUT2D eigenvalue weighted by Crippen LogP contribution is -2.49. The number of nitro groups is 1. The molecule has 2 aliphatic rings. The van der Waals surface area contributed by atoms with E-state index in [9.17, 15) is 14.9 Å². The molecule has 9 nitrogen and oxygen atoms in total. The van der Waals surface area contributed by atoms with Gasteiger partial charge in [-0.2, -0.15) is 0 Å². The van der Waals surface area contributed by atoms with E-state index in [0.717, 1.165) is 24.5 Å². The highest BCUT2D eigenvalue weighted by molar-refractivity contribution is 5.94. The van der Waals surface area contributed by atoms with Crippen molar-refractivity contribution in [2.75, 3.05) is 73.7 Å². The first-order valence-electron chi connectivity index (χ1n) is 13.1. The first-order valence-corrected chi connectivity index (χ1v) is 13.1. The summed E-state index contributed by atoms with van der Waals surface area (Å²) in [6, 6.07) is 22.9. The third-order valence-corrected chi connectivity index (χ3v) is 7.24. The average Bonchev–Trinajstić information content (AvgIpc) is 2.98. The number of anilines is 3. The number of nitro benzene ring substituents is 1. The van der Waals surface area contributed by atoms with Gasteiger partial charge in [0.05, 0.1) is 11.5 Å². The minimum Gasteiger partial charge on any atom is -0.494 e. The number of nitrogens with zero attached hydrogens (tertiary/aromatic N) is 5. The van der Waals surface area contributed by atoms with E-state index in [4.69, 9.17) is 4.74 Å². The molecule has 2 aliphatic heterocycles. The van der Waals surface area contributed by atoms with E-state index in [1.165, 1.54) is 5.69 Å². The molecule has 9 heteroatoms. The topological polar surface area (TPSA) is 82.4 Å². The Labute approximate surface area is 223 Å². The lowest BCUT2D eigenvalue weighted by atomic mass is 10.1. The maximum atomic E-state index is 13.0. The molecular formula is C29H33N5O4. The summed E-state index contributed by atoms with van der Waals surface area (Å²) in [5.41, 5.74) is 3.56. The standard InChI is InChI=1S/C29H33N5O4/c1-2-38-26-11-8-23(9-12-26)29(35)33-20-16-31(17-21-33)25-10-13-27(34(36)37)28(22-25)32-18-14-30(15-19-32)24-6-4-3-5-7-24/h3-13,22H,2,14-21H2,1H3. The van der Waals surface area contributed by atoms with Crippen molar-refractivity contribution in [1.29, 1.82) is 0 Å². The fourth-order valence-corrected chi connectivity index (χ4v) is 5.17. The monoisotopic (exact) mass is 515 g/mol. The van der Waals surface area contributed by atoms with Gasteiger partial charge in [-0.15, -0.1) is 0 Å². The molecule has 3 aromatic rings. The van der Waals surface area contributed by atoms with Crippen LogP contribution in [-0.4, -0.2) is 74.7 Å². The summed E-state index contributed by atoms with van der Waals surface area (Å²) in [7, 11) is 0. The summed E-state index contributed by atoms with van der Waals surface area (Å²) in [5.74, 6) is 0.762. The number of carbonyl (C=O) groups excluding carboxylic acids is 1. The summed E-state index contributed by atoms with van der Waals surface area (Å²) < 4.78 is 5.47. The highest BCUT2D eigenvalue weighted by atomic mass is 16.6. The van der Waals surface area contributed by atoms with Crippen molar-refractivity contribution >= 4 is 28.7 Å². The van der Waals surface area contributed by atoms with Gasteiger partial charge in [-0.3, -0.25) is 14.9 Å². The van der Waals surface area contributed by atoms with Crippen LogP contribution >= 0.6 is 0 Å². The predicted octanol–water partition coefficient (Wildman–Crippen LogP) is 4.28. The van der Waals surface area contributed by atoms with Gasteiger partial charge in [-0.05, 0) is 55.5 Å². The molecule has 0 aromatic heterocycles. The van der Waals surface area contributed by atoms with E-state index in [1.54, 1.807) is 18.2 Å². The maximum Gasteiger partial charge on any atom is 0.292 e. The van der Waals surface area contributed by atoms with Crippen LogP contribution in [0.1, 0.15) is 17.3 Å². The largest absolute Gasteiger partial charge is 0.494 e. The van der Waals surface area contributed by atoms with Crippen LogP contribution in [0.5, 0.6) is 5.75 Å². The average molecular weight is 516 g/mol. The number of ether oxygens (including phenoxy) is 1. The zero-order valence-electron chi connectivity index (χ0n) is 21.7. The SMILES string of the molecule is CCOc1ccc(C(=O)N2CCN(c3ccc([N+](=O)[O-])c(N4CCN(c5ccccc5)CC4)c3)CC2)cc1. The molecule has 38 heavy (non-hydrogen) atoms. The zero-order valence-corrected chi connectivity index (χ0v) is 21.7. The Morgan fingerprint density at radius 1 is 0.789 bits per heavy atom. The molecule has 0 N–H and O–H groups in total. The van der Waals surface area contributed by atoms with Crippen molar-refractivity contribution in [2.24, 2.45) is 0 Å². The van der Waals surface area contributed by atoms with E-state index in [2.05, 4.69) is 26.8 Å². The van der Waals surface area contributed by atoms with Gasteiger partial charge in [0.2, 0.25) is 0 Å². The third kappa shape index (κ3) is 5.51. The first kappa shape index (κ1) is 25.4. The van der Waals surface area contributed by atoms with Crippen LogP contribution in [0.4, 0.5) is 22.7 Å². The normalized spacial score (nSPS) is 15.9. The van der Waals surface area contributed by atoms with Crippen LogP contribution < -0.4 is 19.4 Å². The minimum absolute atomic E-state index is 0.00775. The second-order valence-electron chi connectivity index (χ2n) is 9.48. The number of para-hydroxylation sites is 1. The van der Waals surface area contributed by atoms with E-state index in [1.807, 2.05) is 54.3 Å². The molecule has 1 amide bonds. The number of piperazine rings is 2. The number of benzene rings is 3. The molecule has 0 atom stereocenters. The molecule has 0 radical (unpaired) electrons. The van der Waals surface area contributed by atoms with Gasteiger partial charge < -0.3 is 24.3 Å². The van der Waals surface area contributed by atoms with Gasteiger partial charge in [-0.25, -0.2) is 0 Å². The molecule has 0 spiro atoms. The number of hydrogen-bond donors (Lipinski definition) is 0. The highest BCUT2D eigenvalue weighted by Gasteiger charge is 2.27. The summed E-state index contributed by atoms with van der Waals surface area (Å²) in [6.07, 6.45) is 0. The van der Waals surface area contributed by atoms with Gasteiger partial charge in [0.1, 0.15) is 11.4 Å². The Morgan fingerprint density at radius 2 is 1.39 bits per heavy atom. The van der Waals surface area contributed by atoms with Gasteiger partial charge >= 0.3 is 0 Å². The summed E-state index contributed by atoms with van der Waals surface area (Å²) in [6.45, 7) is 8.07. The Balaban J connectivity index is 1.24. The van der Waals surface area contributed by atoms with Crippen molar-refractivity contribution in [3.05, 3.63) is 88.5 Å². The molecule has 0 aliphatic carbocycles. The second-order valence-corrected chi connectivity index (χ2v) is 9.48. The predicted molar refractivity (Wildman–Crippen MR) is 150 cm³/mol. The molecule has 5 rings (SSSR count). The van der Waals surface area contributed by atoms with Crippen LogP contribution in [0, 0.1) is 10.1 Å². The third-order valence-electron chi connectivity index (χ3n) is 7.24. The number of carbonyl (C=O) groups is 1. The minimum atomic E-state index is -0.296. The van der Waals surface area contributed by atoms with Crippen molar-refractivity contribution < 1.29 is 14.5 Å². The van der Waals surface area contributed by atoms with Crippen molar-refractivity contribution in [1.82, 2.24) is 4.90 Å². The Morgan fingerprint density at radius 3 is 2.03 bits per heavy atom. The molecule has 2 heterocycles. The number of hydrogen-bond acceptors (Lipinski definition) is 7. The molecule has 198 valence electrons. The molecule has 0 bridgehead atoms. The van der Waals surface area contributed by atoms with E-state index < -0.39 is 0 Å². The Kier molecular flexibility index (Phi) is 7.62. The highest BCUT2D eigenvalue weighted by Crippen LogP contribution is 2.34. The fraction of sp³-hybridized carbons (Fsp3) is 0.345. The molecule has 0 saturated carbocycles. The fourth-order valence-electron chi connectivity index (χ4n) is 5.17. The maximum absolute atomic E-state index is 13.0. The second kappa shape index (κ2) is 11.4. The number of rotatable bonds is 7. The van der Waals surface area contributed by atoms with E-state index in [-0.39, 0.29) is 16.5 Å². The Bertz CT molecular complexity index is 1250. The molecule has 0 unspecified atom stereocenters. The summed E-state index contributed by atoms with van der Waals surface area (Å²) >= 11 is 0. The van der Waals surface area contributed by atoms with Crippen LogP contribution in [0.2, 0.25) is 0 Å². The quantitative estimate of drug-likeness (QED) is 0.343. The van der Waals surface area contributed by atoms with E-state index >= 15 is 0 Å². The van der Waals surface area contributed by atoms with Gasteiger partial charge in [0, 0.05) is 75.4 Å². The lowest BCUT2D eigenvalue weighted by Gasteiger charge is -2.38. The van der Waals surface area contributed by atoms with Crippen LogP contribution in [0.3, 0.4) is 0 Å². The molecular weight excluding hydrogens is 482 g/mol. The van der Waals surface area contributed by atoms with Gasteiger partial charge in [-0.1, -0.05) is 18.2 Å².